The van der Waals surface area contributed by atoms with Gasteiger partial charge in [-0.25, -0.2) is 13.1 Å². The smallest absolute Gasteiger partial charge is 0.240 e. The second kappa shape index (κ2) is 7.23. The Kier molecular flexibility index (Phi) is 6.28. The van der Waals surface area contributed by atoms with Crippen molar-refractivity contribution in [3.63, 3.8) is 0 Å². The molecule has 6 heteroatoms. The Labute approximate surface area is 117 Å². The first-order chi connectivity index (χ1) is 8.42. The van der Waals surface area contributed by atoms with E-state index in [2.05, 4.69) is 20.7 Å². The summed E-state index contributed by atoms with van der Waals surface area (Å²) >= 11 is 3.27. The number of nitrogens with one attached hydrogen (secondary N) is 1. The van der Waals surface area contributed by atoms with Crippen molar-refractivity contribution in [1.29, 1.82) is 0 Å². The summed E-state index contributed by atoms with van der Waals surface area (Å²) in [5.74, 6) is 0. The van der Waals surface area contributed by atoms with Gasteiger partial charge in [0.05, 0.1) is 11.0 Å². The van der Waals surface area contributed by atoms with Crippen LogP contribution in [0.1, 0.15) is 20.3 Å². The highest BCUT2D eigenvalue weighted by Crippen LogP contribution is 2.14. The average molecular weight is 336 g/mol. The van der Waals surface area contributed by atoms with E-state index in [-0.39, 0.29) is 11.0 Å². The minimum absolute atomic E-state index is 0.174. The van der Waals surface area contributed by atoms with E-state index >= 15 is 0 Å². The minimum atomic E-state index is -3.40. The lowest BCUT2D eigenvalue weighted by Gasteiger charge is -2.09. The Morgan fingerprint density at radius 1 is 1.28 bits per heavy atom. The van der Waals surface area contributed by atoms with Gasteiger partial charge in [0.15, 0.2) is 0 Å². The molecule has 0 saturated carbocycles. The van der Waals surface area contributed by atoms with Gasteiger partial charge in [-0.15, -0.1) is 0 Å². The van der Waals surface area contributed by atoms with E-state index in [4.69, 9.17) is 4.74 Å². The Morgan fingerprint density at radius 3 is 2.44 bits per heavy atom. The summed E-state index contributed by atoms with van der Waals surface area (Å²) in [6.45, 7) is 4.84. The molecular formula is C12H18BrNO3S. The van der Waals surface area contributed by atoms with Crippen molar-refractivity contribution in [1.82, 2.24) is 4.72 Å². The zero-order valence-electron chi connectivity index (χ0n) is 10.5. The molecule has 0 aliphatic carbocycles. The molecule has 1 N–H and O–H groups in total. The van der Waals surface area contributed by atoms with Crippen LogP contribution in [0.4, 0.5) is 0 Å². The van der Waals surface area contributed by atoms with Crippen LogP contribution in [0.5, 0.6) is 0 Å². The second-order valence-electron chi connectivity index (χ2n) is 4.12. The highest BCUT2D eigenvalue weighted by atomic mass is 79.9. The Hall–Kier alpha value is -0.430. The predicted molar refractivity (Wildman–Crippen MR) is 75.0 cm³/mol. The van der Waals surface area contributed by atoms with Crippen LogP contribution < -0.4 is 4.72 Å². The number of rotatable bonds is 7. The van der Waals surface area contributed by atoms with Gasteiger partial charge in [-0.3, -0.25) is 0 Å². The van der Waals surface area contributed by atoms with Crippen LogP contribution in [0.3, 0.4) is 0 Å². The van der Waals surface area contributed by atoms with Crippen LogP contribution in [0.25, 0.3) is 0 Å². The Bertz CT molecular complexity index is 457. The standard InChI is InChI=1S/C12H18BrNO3S/c1-10(2)17-9-3-8-14-18(15,16)12-6-4-11(13)5-7-12/h4-7,10,14H,3,8-9H2,1-2H3. The molecule has 0 aromatic heterocycles. The molecule has 102 valence electrons. The molecule has 0 radical (unpaired) electrons. The van der Waals surface area contributed by atoms with Gasteiger partial charge in [-0.1, -0.05) is 15.9 Å². The lowest BCUT2D eigenvalue weighted by molar-refractivity contribution is 0.0778. The molecule has 0 atom stereocenters. The third-order valence-electron chi connectivity index (χ3n) is 2.19. The van der Waals surface area contributed by atoms with E-state index in [1.54, 1.807) is 24.3 Å². The maximum atomic E-state index is 11.9. The van der Waals surface area contributed by atoms with Gasteiger partial charge in [-0.05, 0) is 44.5 Å². The second-order valence-corrected chi connectivity index (χ2v) is 6.81. The Balaban J connectivity index is 2.43. The molecule has 0 amide bonds. The normalized spacial score (nSPS) is 12.0. The molecule has 0 unspecified atom stereocenters. The van der Waals surface area contributed by atoms with Crippen LogP contribution in [0, 0.1) is 0 Å². The van der Waals surface area contributed by atoms with Gasteiger partial charge < -0.3 is 4.74 Å². The number of benzene rings is 1. The molecule has 0 aliphatic heterocycles. The van der Waals surface area contributed by atoms with Crippen molar-refractivity contribution in [3.8, 4) is 0 Å². The van der Waals surface area contributed by atoms with Crippen molar-refractivity contribution in [2.75, 3.05) is 13.2 Å². The highest BCUT2D eigenvalue weighted by molar-refractivity contribution is 9.10. The predicted octanol–water partition coefficient (Wildman–Crippen LogP) is 2.54. The summed E-state index contributed by atoms with van der Waals surface area (Å²) in [5, 5.41) is 0. The monoisotopic (exact) mass is 335 g/mol. The summed E-state index contributed by atoms with van der Waals surface area (Å²) in [6.07, 6.45) is 0.835. The SMILES string of the molecule is CC(C)OCCCNS(=O)(=O)c1ccc(Br)cc1. The molecule has 1 rings (SSSR count). The van der Waals surface area contributed by atoms with Gasteiger partial charge in [0.1, 0.15) is 0 Å². The van der Waals surface area contributed by atoms with Crippen molar-refractivity contribution in [2.24, 2.45) is 0 Å². The van der Waals surface area contributed by atoms with E-state index in [0.717, 1.165) is 4.47 Å². The average Bonchev–Trinajstić information content (AvgIpc) is 2.28. The summed E-state index contributed by atoms with van der Waals surface area (Å²) in [6, 6.07) is 6.54. The van der Waals surface area contributed by atoms with Gasteiger partial charge in [-0.2, -0.15) is 0 Å². The van der Waals surface area contributed by atoms with Crippen molar-refractivity contribution >= 4 is 26.0 Å². The van der Waals surface area contributed by atoms with Gasteiger partial charge >= 0.3 is 0 Å². The number of hydrogen-bond donors (Lipinski definition) is 1. The van der Waals surface area contributed by atoms with Crippen LogP contribution in [-0.4, -0.2) is 27.7 Å². The minimum Gasteiger partial charge on any atom is -0.379 e. The molecule has 0 heterocycles. The van der Waals surface area contributed by atoms with Gasteiger partial charge in [0, 0.05) is 17.6 Å². The largest absolute Gasteiger partial charge is 0.379 e. The third kappa shape index (κ3) is 5.48. The van der Waals surface area contributed by atoms with E-state index in [9.17, 15) is 8.42 Å². The van der Waals surface area contributed by atoms with E-state index in [0.29, 0.717) is 19.6 Å². The number of hydrogen-bond acceptors (Lipinski definition) is 3. The fourth-order valence-corrected chi connectivity index (χ4v) is 2.63. The van der Waals surface area contributed by atoms with Crippen molar-refractivity contribution < 1.29 is 13.2 Å². The molecular weight excluding hydrogens is 318 g/mol. The highest BCUT2D eigenvalue weighted by Gasteiger charge is 2.12. The summed E-state index contributed by atoms with van der Waals surface area (Å²) in [5.41, 5.74) is 0. The fourth-order valence-electron chi connectivity index (χ4n) is 1.29. The van der Waals surface area contributed by atoms with E-state index < -0.39 is 10.0 Å². The van der Waals surface area contributed by atoms with Gasteiger partial charge in [0.2, 0.25) is 10.0 Å². The van der Waals surface area contributed by atoms with Crippen LogP contribution in [0.2, 0.25) is 0 Å². The van der Waals surface area contributed by atoms with Crippen LogP contribution >= 0.6 is 15.9 Å². The van der Waals surface area contributed by atoms with Gasteiger partial charge in [0.25, 0.3) is 0 Å². The first-order valence-corrected chi connectivity index (χ1v) is 8.06. The molecule has 0 fully saturated rings. The lowest BCUT2D eigenvalue weighted by Crippen LogP contribution is -2.25. The Morgan fingerprint density at radius 2 is 1.89 bits per heavy atom. The molecule has 4 nitrogen and oxygen atoms in total. The molecule has 1 aromatic carbocycles. The van der Waals surface area contributed by atoms with E-state index in [1.165, 1.54) is 0 Å². The van der Waals surface area contributed by atoms with E-state index in [1.807, 2.05) is 13.8 Å². The summed E-state index contributed by atoms with van der Waals surface area (Å²) in [7, 11) is -3.40. The maximum absolute atomic E-state index is 11.9. The molecule has 0 saturated heterocycles. The first-order valence-electron chi connectivity index (χ1n) is 5.78. The maximum Gasteiger partial charge on any atom is 0.240 e. The number of ether oxygens (including phenoxy) is 1. The molecule has 18 heavy (non-hydrogen) atoms. The zero-order valence-corrected chi connectivity index (χ0v) is 12.9. The first kappa shape index (κ1) is 15.6. The van der Waals surface area contributed by atoms with Crippen LogP contribution in [0.15, 0.2) is 33.6 Å². The number of halogens is 1. The van der Waals surface area contributed by atoms with Crippen molar-refractivity contribution in [3.05, 3.63) is 28.7 Å². The summed E-state index contributed by atoms with van der Waals surface area (Å²) < 4.78 is 32.5. The molecule has 0 bridgehead atoms. The topological polar surface area (TPSA) is 55.4 Å². The molecule has 1 aromatic rings. The number of sulfonamides is 1. The fraction of sp³-hybridized carbons (Fsp3) is 0.500. The third-order valence-corrected chi connectivity index (χ3v) is 4.19. The van der Waals surface area contributed by atoms with Crippen LogP contribution in [-0.2, 0) is 14.8 Å². The summed E-state index contributed by atoms with van der Waals surface area (Å²) in [4.78, 5) is 0.274. The lowest BCUT2D eigenvalue weighted by atomic mass is 10.4. The van der Waals surface area contributed by atoms with Crippen molar-refractivity contribution in [2.45, 2.75) is 31.3 Å². The quantitative estimate of drug-likeness (QED) is 0.779. The molecule has 0 spiro atoms. The zero-order chi connectivity index (χ0) is 13.6. The molecule has 0 aliphatic rings.